The van der Waals surface area contributed by atoms with Gasteiger partial charge in [-0.25, -0.2) is 4.39 Å². The highest BCUT2D eigenvalue weighted by Crippen LogP contribution is 2.08. The lowest BCUT2D eigenvalue weighted by atomic mass is 10.1. The van der Waals surface area contributed by atoms with E-state index in [1.807, 2.05) is 25.1 Å². The molecule has 8 heteroatoms. The van der Waals surface area contributed by atoms with E-state index in [9.17, 15) is 18.8 Å². The molecular formula is C23H28FN4O3+. The molecule has 2 aromatic carbocycles. The third-order valence-electron chi connectivity index (χ3n) is 5.38. The molecule has 164 valence electrons. The average molecular weight is 428 g/mol. The Morgan fingerprint density at radius 1 is 1.03 bits per heavy atom. The predicted octanol–water partition coefficient (Wildman–Crippen LogP) is 0.620. The zero-order valence-corrected chi connectivity index (χ0v) is 17.6. The van der Waals surface area contributed by atoms with Gasteiger partial charge in [-0.2, -0.15) is 0 Å². The first-order chi connectivity index (χ1) is 14.9. The van der Waals surface area contributed by atoms with Crippen molar-refractivity contribution < 1.29 is 23.7 Å². The van der Waals surface area contributed by atoms with Crippen molar-refractivity contribution in [2.24, 2.45) is 0 Å². The molecule has 1 fully saturated rings. The maximum Gasteiger partial charge on any atom is 0.279 e. The highest BCUT2D eigenvalue weighted by Gasteiger charge is 2.25. The second-order valence-corrected chi connectivity index (χ2v) is 7.68. The van der Waals surface area contributed by atoms with E-state index >= 15 is 0 Å². The van der Waals surface area contributed by atoms with Crippen molar-refractivity contribution in [3.05, 3.63) is 65.5 Å². The molecule has 0 saturated carbocycles. The summed E-state index contributed by atoms with van der Waals surface area (Å²) in [4.78, 5) is 39.7. The number of rotatable bonds is 7. The maximum atomic E-state index is 12.9. The Hall–Kier alpha value is -3.26. The number of anilines is 1. The van der Waals surface area contributed by atoms with Crippen LogP contribution in [0.4, 0.5) is 10.1 Å². The van der Waals surface area contributed by atoms with Gasteiger partial charge in [0.25, 0.3) is 11.8 Å². The van der Waals surface area contributed by atoms with E-state index < -0.39 is 0 Å². The molecule has 31 heavy (non-hydrogen) atoms. The zero-order chi connectivity index (χ0) is 22.2. The van der Waals surface area contributed by atoms with E-state index in [4.69, 9.17) is 0 Å². The smallest absolute Gasteiger partial charge is 0.279 e. The summed E-state index contributed by atoms with van der Waals surface area (Å²) in [6.45, 7) is 4.97. The van der Waals surface area contributed by atoms with Crippen molar-refractivity contribution in [2.75, 3.05) is 44.6 Å². The first-order valence-electron chi connectivity index (χ1n) is 10.4. The third-order valence-corrected chi connectivity index (χ3v) is 5.38. The largest absolute Gasteiger partial charge is 0.352 e. The molecule has 0 unspecified atom stereocenters. The number of aryl methyl sites for hydroxylation is 1. The van der Waals surface area contributed by atoms with Crippen molar-refractivity contribution in [1.29, 1.82) is 0 Å². The quantitative estimate of drug-likeness (QED) is 0.606. The number of hydrogen-bond acceptors (Lipinski definition) is 3. The van der Waals surface area contributed by atoms with E-state index in [0.29, 0.717) is 50.5 Å². The summed E-state index contributed by atoms with van der Waals surface area (Å²) < 4.78 is 12.9. The van der Waals surface area contributed by atoms with Crippen LogP contribution in [0.15, 0.2) is 48.5 Å². The second kappa shape index (κ2) is 10.7. The van der Waals surface area contributed by atoms with Crippen LogP contribution in [0.25, 0.3) is 0 Å². The molecule has 2 aromatic rings. The molecule has 3 amide bonds. The fraction of sp³-hybridized carbons (Fsp3) is 0.348. The molecule has 0 aliphatic carbocycles. The third kappa shape index (κ3) is 6.62. The van der Waals surface area contributed by atoms with E-state index in [2.05, 4.69) is 10.6 Å². The van der Waals surface area contributed by atoms with Crippen molar-refractivity contribution in [3.8, 4) is 0 Å². The van der Waals surface area contributed by atoms with Crippen LogP contribution in [0.5, 0.6) is 0 Å². The predicted molar refractivity (Wildman–Crippen MR) is 115 cm³/mol. The minimum atomic E-state index is -0.348. The number of carbonyl (C=O) groups is 3. The minimum absolute atomic E-state index is 0.0000951. The SMILES string of the molecule is Cc1ccccc1C(=O)NCCC(=O)N1CC[NH+](CC(=O)Nc2ccc(F)cc2)CC1. The lowest BCUT2D eigenvalue weighted by molar-refractivity contribution is -0.895. The van der Waals surface area contributed by atoms with Crippen LogP contribution in [0.3, 0.4) is 0 Å². The molecule has 1 aliphatic rings. The summed E-state index contributed by atoms with van der Waals surface area (Å²) in [7, 11) is 0. The molecule has 1 aliphatic heterocycles. The molecule has 7 nitrogen and oxygen atoms in total. The van der Waals surface area contributed by atoms with Crippen LogP contribution in [0, 0.1) is 12.7 Å². The Bertz CT molecular complexity index is 925. The fourth-order valence-electron chi connectivity index (χ4n) is 3.58. The summed E-state index contributed by atoms with van der Waals surface area (Å²) in [5.74, 6) is -0.660. The average Bonchev–Trinajstić information content (AvgIpc) is 2.76. The lowest BCUT2D eigenvalue weighted by Gasteiger charge is -2.32. The minimum Gasteiger partial charge on any atom is -0.352 e. The van der Waals surface area contributed by atoms with E-state index in [1.165, 1.54) is 24.3 Å². The van der Waals surface area contributed by atoms with Gasteiger partial charge in [0, 0.05) is 24.2 Å². The standard InChI is InChI=1S/C23H27FN4O3/c1-17-4-2-3-5-20(17)23(31)25-11-10-22(30)28-14-12-27(13-15-28)16-21(29)26-19-8-6-18(24)7-9-19/h2-9H,10-16H2,1H3,(H,25,31)(H,26,29)/p+1. The topological polar surface area (TPSA) is 83.0 Å². The molecule has 1 saturated heterocycles. The molecule has 0 aromatic heterocycles. The lowest BCUT2D eigenvalue weighted by Crippen LogP contribution is -3.15. The van der Waals surface area contributed by atoms with Gasteiger partial charge >= 0.3 is 0 Å². The number of benzene rings is 2. The fourth-order valence-corrected chi connectivity index (χ4v) is 3.58. The van der Waals surface area contributed by atoms with Crippen molar-refractivity contribution in [3.63, 3.8) is 0 Å². The molecule has 0 atom stereocenters. The first kappa shape index (κ1) is 22.4. The number of carbonyl (C=O) groups excluding carboxylic acids is 3. The van der Waals surface area contributed by atoms with Crippen LogP contribution < -0.4 is 15.5 Å². The van der Waals surface area contributed by atoms with Gasteiger partial charge in [0.15, 0.2) is 6.54 Å². The van der Waals surface area contributed by atoms with E-state index in [0.717, 1.165) is 10.5 Å². The van der Waals surface area contributed by atoms with Crippen molar-refractivity contribution in [1.82, 2.24) is 10.2 Å². The molecule has 3 N–H and O–H groups in total. The monoisotopic (exact) mass is 427 g/mol. The normalized spacial score (nSPS) is 14.2. The molecule has 0 radical (unpaired) electrons. The highest BCUT2D eigenvalue weighted by molar-refractivity contribution is 5.95. The van der Waals surface area contributed by atoms with Gasteiger partial charge in [0.05, 0.1) is 26.2 Å². The molecule has 3 rings (SSSR count). The zero-order valence-electron chi connectivity index (χ0n) is 17.6. The molecule has 0 bridgehead atoms. The number of piperazine rings is 1. The van der Waals surface area contributed by atoms with E-state index in [1.54, 1.807) is 11.0 Å². The molecule has 1 heterocycles. The number of nitrogens with zero attached hydrogens (tertiary/aromatic N) is 1. The van der Waals surface area contributed by atoms with Gasteiger partial charge in [-0.15, -0.1) is 0 Å². The Balaban J connectivity index is 1.35. The second-order valence-electron chi connectivity index (χ2n) is 7.68. The van der Waals surface area contributed by atoms with Crippen molar-refractivity contribution in [2.45, 2.75) is 13.3 Å². The number of nitrogens with one attached hydrogen (secondary N) is 3. The van der Waals surface area contributed by atoms with Crippen LogP contribution in [-0.4, -0.2) is 61.9 Å². The number of amides is 3. The number of halogens is 1. The summed E-state index contributed by atoms with van der Waals surface area (Å²) in [6.07, 6.45) is 0.248. The Morgan fingerprint density at radius 3 is 2.39 bits per heavy atom. The van der Waals surface area contributed by atoms with Crippen molar-refractivity contribution >= 4 is 23.4 Å². The van der Waals surface area contributed by atoms with Crippen LogP contribution in [-0.2, 0) is 9.59 Å². The van der Waals surface area contributed by atoms with Gasteiger partial charge in [0.1, 0.15) is 5.82 Å². The van der Waals surface area contributed by atoms with Gasteiger partial charge in [0.2, 0.25) is 5.91 Å². The van der Waals surface area contributed by atoms with Crippen LogP contribution >= 0.6 is 0 Å². The summed E-state index contributed by atoms with van der Waals surface area (Å²) >= 11 is 0. The summed E-state index contributed by atoms with van der Waals surface area (Å²) in [6, 6.07) is 13.0. The van der Waals surface area contributed by atoms with E-state index in [-0.39, 0.29) is 30.0 Å². The van der Waals surface area contributed by atoms with Gasteiger partial charge in [-0.3, -0.25) is 14.4 Å². The van der Waals surface area contributed by atoms with Gasteiger partial charge in [-0.05, 0) is 42.8 Å². The molecular weight excluding hydrogens is 399 g/mol. The molecule has 0 spiro atoms. The number of quaternary nitrogens is 1. The highest BCUT2D eigenvalue weighted by atomic mass is 19.1. The first-order valence-corrected chi connectivity index (χ1v) is 10.4. The van der Waals surface area contributed by atoms with Crippen LogP contribution in [0.1, 0.15) is 22.3 Å². The number of hydrogen-bond donors (Lipinski definition) is 3. The summed E-state index contributed by atoms with van der Waals surface area (Å²) in [5.41, 5.74) is 2.08. The Labute approximate surface area is 181 Å². The van der Waals surface area contributed by atoms with Gasteiger partial charge in [-0.1, -0.05) is 18.2 Å². The summed E-state index contributed by atoms with van der Waals surface area (Å²) in [5, 5.41) is 5.56. The Kier molecular flexibility index (Phi) is 7.72. The van der Waals surface area contributed by atoms with Gasteiger partial charge < -0.3 is 20.4 Å². The van der Waals surface area contributed by atoms with Crippen LogP contribution in [0.2, 0.25) is 0 Å². The Morgan fingerprint density at radius 2 is 1.71 bits per heavy atom. The maximum absolute atomic E-state index is 12.9.